The predicted molar refractivity (Wildman–Crippen MR) is 154 cm³/mol. The van der Waals surface area contributed by atoms with E-state index in [4.69, 9.17) is 11.6 Å². The first-order valence-corrected chi connectivity index (χ1v) is 14.1. The number of nitrogens with zero attached hydrogens (tertiary/aromatic N) is 4. The number of benzene rings is 3. The molecule has 2 atom stereocenters. The second-order valence-corrected chi connectivity index (χ2v) is 10.6. The fourth-order valence-corrected chi connectivity index (χ4v) is 5.72. The van der Waals surface area contributed by atoms with Gasteiger partial charge in [-0.05, 0) is 35.2 Å². The van der Waals surface area contributed by atoms with Crippen LogP contribution in [0.1, 0.15) is 30.0 Å². The maximum atomic E-state index is 13.9. The molecule has 2 saturated heterocycles. The lowest BCUT2D eigenvalue weighted by Crippen LogP contribution is -2.66. The van der Waals surface area contributed by atoms with E-state index in [1.165, 1.54) is 0 Å². The van der Waals surface area contributed by atoms with Crippen molar-refractivity contribution in [3.63, 3.8) is 0 Å². The highest BCUT2D eigenvalue weighted by molar-refractivity contribution is 6.30. The van der Waals surface area contributed by atoms with Crippen LogP contribution >= 0.6 is 11.6 Å². The second-order valence-electron chi connectivity index (χ2n) is 10.2. The number of carbonyl (C=O) groups is 3. The summed E-state index contributed by atoms with van der Waals surface area (Å²) in [4.78, 5) is 44.4. The number of rotatable bonds is 9. The maximum Gasteiger partial charge on any atom is 0.332 e. The molecule has 8 nitrogen and oxygen atoms in total. The number of amides is 4. The van der Waals surface area contributed by atoms with Crippen LogP contribution in [0.15, 0.2) is 84.9 Å². The summed E-state index contributed by atoms with van der Waals surface area (Å²) >= 11 is 6.24. The summed E-state index contributed by atoms with van der Waals surface area (Å²) in [5.74, 6) is -0.260. The number of hydrogen-bond acceptors (Lipinski definition) is 4. The molecule has 9 heteroatoms. The summed E-state index contributed by atoms with van der Waals surface area (Å²) in [7, 11) is 0. The first-order chi connectivity index (χ1) is 19.4. The SMILES string of the molecule is CCCN(C(=O)NCc1ccccc1)N1CC(=O)N2[C@@H](Cc3ccccc3)C(=O)N(Cc3cccc(Cl)c3)C[C@@H]21. The minimum atomic E-state index is -0.673. The van der Waals surface area contributed by atoms with Crippen molar-refractivity contribution in [2.45, 2.75) is 45.1 Å². The van der Waals surface area contributed by atoms with Crippen molar-refractivity contribution in [3.8, 4) is 0 Å². The number of halogens is 1. The first-order valence-electron chi connectivity index (χ1n) is 13.7. The van der Waals surface area contributed by atoms with Crippen LogP contribution in [-0.2, 0) is 29.1 Å². The largest absolute Gasteiger partial charge is 0.333 e. The molecule has 0 aliphatic carbocycles. The summed E-state index contributed by atoms with van der Waals surface area (Å²) in [6, 6.07) is 26.0. The molecule has 0 saturated carbocycles. The van der Waals surface area contributed by atoms with E-state index < -0.39 is 12.2 Å². The van der Waals surface area contributed by atoms with Gasteiger partial charge in [0.1, 0.15) is 12.2 Å². The molecule has 208 valence electrons. The Kier molecular flexibility index (Phi) is 8.67. The number of carbonyl (C=O) groups excluding carboxylic acids is 3. The molecule has 2 heterocycles. The van der Waals surface area contributed by atoms with Gasteiger partial charge in [0.15, 0.2) is 0 Å². The molecule has 2 aliphatic rings. The van der Waals surface area contributed by atoms with Gasteiger partial charge in [0, 0.05) is 31.1 Å². The number of nitrogens with one attached hydrogen (secondary N) is 1. The zero-order valence-corrected chi connectivity index (χ0v) is 23.3. The van der Waals surface area contributed by atoms with Gasteiger partial charge >= 0.3 is 6.03 Å². The molecule has 3 aromatic rings. The van der Waals surface area contributed by atoms with E-state index in [-0.39, 0.29) is 30.9 Å². The van der Waals surface area contributed by atoms with Gasteiger partial charge in [0.25, 0.3) is 0 Å². The highest BCUT2D eigenvalue weighted by Crippen LogP contribution is 2.30. The number of hydrazine groups is 1. The Balaban J connectivity index is 1.42. The van der Waals surface area contributed by atoms with E-state index >= 15 is 0 Å². The molecule has 4 amide bonds. The van der Waals surface area contributed by atoms with Crippen molar-refractivity contribution in [2.75, 3.05) is 19.6 Å². The average molecular weight is 560 g/mol. The Morgan fingerprint density at radius 2 is 1.62 bits per heavy atom. The van der Waals surface area contributed by atoms with Crippen molar-refractivity contribution < 1.29 is 14.4 Å². The average Bonchev–Trinajstić information content (AvgIpc) is 3.29. The lowest BCUT2D eigenvalue weighted by atomic mass is 10.00. The van der Waals surface area contributed by atoms with E-state index in [0.29, 0.717) is 31.1 Å². The van der Waals surface area contributed by atoms with Gasteiger partial charge in [-0.3, -0.25) is 14.6 Å². The van der Waals surface area contributed by atoms with E-state index in [1.54, 1.807) is 20.9 Å². The molecule has 40 heavy (non-hydrogen) atoms. The quantitative estimate of drug-likeness (QED) is 0.424. The fourth-order valence-electron chi connectivity index (χ4n) is 5.51. The molecule has 0 bridgehead atoms. The monoisotopic (exact) mass is 559 g/mol. The van der Waals surface area contributed by atoms with E-state index in [1.807, 2.05) is 90.8 Å². The molecule has 1 N–H and O–H groups in total. The van der Waals surface area contributed by atoms with Crippen LogP contribution in [0.25, 0.3) is 0 Å². The Bertz CT molecular complexity index is 1340. The molecule has 0 radical (unpaired) electrons. The Labute approximate surface area is 240 Å². The van der Waals surface area contributed by atoms with E-state index in [2.05, 4.69) is 5.32 Å². The van der Waals surface area contributed by atoms with Crippen LogP contribution in [0, 0.1) is 0 Å². The number of fused-ring (bicyclic) bond motifs is 1. The highest BCUT2D eigenvalue weighted by atomic mass is 35.5. The van der Waals surface area contributed by atoms with Crippen LogP contribution in [0.5, 0.6) is 0 Å². The molecule has 3 aromatic carbocycles. The summed E-state index contributed by atoms with van der Waals surface area (Å²) in [5, 5.41) is 7.08. The van der Waals surface area contributed by atoms with Gasteiger partial charge in [-0.25, -0.2) is 4.79 Å². The van der Waals surface area contributed by atoms with Crippen molar-refractivity contribution >= 4 is 29.4 Å². The standard InChI is InChI=1S/C31H34ClN5O3/c1-2-16-35(31(40)33-19-24-12-7-4-8-13-24)36-22-29(38)37-27(18-23-10-5-3-6-11-23)30(39)34(21-28(36)37)20-25-14-9-15-26(32)17-25/h3-15,17,27-28H,2,16,18-22H2,1H3,(H,33,40)/t27-,28+/m0/s1. The topological polar surface area (TPSA) is 76.2 Å². The predicted octanol–water partition coefficient (Wildman–Crippen LogP) is 4.30. The van der Waals surface area contributed by atoms with Gasteiger partial charge < -0.3 is 15.1 Å². The Morgan fingerprint density at radius 1 is 0.950 bits per heavy atom. The number of hydrogen-bond donors (Lipinski definition) is 1. The van der Waals surface area contributed by atoms with Crippen LogP contribution in [0.3, 0.4) is 0 Å². The molecular formula is C31H34ClN5O3. The summed E-state index contributed by atoms with van der Waals surface area (Å²) < 4.78 is 0. The molecule has 0 unspecified atom stereocenters. The molecule has 0 aromatic heterocycles. The molecule has 0 spiro atoms. The minimum absolute atomic E-state index is 0.0347. The van der Waals surface area contributed by atoms with Gasteiger partial charge in [-0.15, -0.1) is 0 Å². The van der Waals surface area contributed by atoms with Crippen LogP contribution in [0.2, 0.25) is 5.02 Å². The van der Waals surface area contributed by atoms with Gasteiger partial charge in [0.2, 0.25) is 11.8 Å². The van der Waals surface area contributed by atoms with E-state index in [9.17, 15) is 14.4 Å². The zero-order chi connectivity index (χ0) is 28.1. The third kappa shape index (κ3) is 6.13. The summed E-state index contributed by atoms with van der Waals surface area (Å²) in [5.41, 5.74) is 2.88. The molecule has 5 rings (SSSR count). The Morgan fingerprint density at radius 3 is 2.30 bits per heavy atom. The van der Waals surface area contributed by atoms with Crippen molar-refractivity contribution in [2.24, 2.45) is 0 Å². The molecule has 2 aliphatic heterocycles. The van der Waals surface area contributed by atoms with Crippen molar-refractivity contribution in [3.05, 3.63) is 107 Å². The fraction of sp³-hybridized carbons (Fsp3) is 0.323. The maximum absolute atomic E-state index is 13.9. The third-order valence-electron chi connectivity index (χ3n) is 7.37. The van der Waals surface area contributed by atoms with E-state index in [0.717, 1.165) is 23.1 Å². The van der Waals surface area contributed by atoms with Gasteiger partial charge in [-0.2, -0.15) is 5.01 Å². The highest BCUT2D eigenvalue weighted by Gasteiger charge is 2.52. The molecule has 2 fully saturated rings. The smallest absolute Gasteiger partial charge is 0.332 e. The van der Waals surface area contributed by atoms with Crippen LogP contribution in [-0.4, -0.2) is 69.5 Å². The summed E-state index contributed by atoms with van der Waals surface area (Å²) in [6.07, 6.45) is 0.650. The minimum Gasteiger partial charge on any atom is -0.333 e. The lowest BCUT2D eigenvalue weighted by Gasteiger charge is -2.46. The Hall–Kier alpha value is -3.88. The van der Waals surface area contributed by atoms with Crippen LogP contribution in [0.4, 0.5) is 4.79 Å². The first kappa shape index (κ1) is 27.7. The van der Waals surface area contributed by atoms with Crippen molar-refractivity contribution in [1.29, 1.82) is 0 Å². The van der Waals surface area contributed by atoms with Crippen molar-refractivity contribution in [1.82, 2.24) is 25.1 Å². The van der Waals surface area contributed by atoms with Gasteiger partial charge in [-0.1, -0.05) is 91.3 Å². The third-order valence-corrected chi connectivity index (χ3v) is 7.60. The number of urea groups is 1. The van der Waals surface area contributed by atoms with Crippen LogP contribution < -0.4 is 5.32 Å². The normalized spacial score (nSPS) is 19.1. The number of piperazine rings is 1. The zero-order valence-electron chi connectivity index (χ0n) is 22.6. The summed E-state index contributed by atoms with van der Waals surface area (Å²) in [6.45, 7) is 3.52. The second kappa shape index (κ2) is 12.5. The van der Waals surface area contributed by atoms with Gasteiger partial charge in [0.05, 0.1) is 13.1 Å². The molecular weight excluding hydrogens is 526 g/mol. The lowest BCUT2D eigenvalue weighted by molar-refractivity contribution is -0.157.